The van der Waals surface area contributed by atoms with Gasteiger partial charge in [0.1, 0.15) is 11.5 Å². The highest BCUT2D eigenvalue weighted by atomic mass is 19.1. The molecule has 0 bridgehead atoms. The monoisotopic (exact) mass is 623 g/mol. The van der Waals surface area contributed by atoms with Gasteiger partial charge in [-0.1, -0.05) is 34.6 Å². The third-order valence-corrected chi connectivity index (χ3v) is 6.70. The second-order valence-electron chi connectivity index (χ2n) is 11.0. The number of carbonyl (C=O) groups is 1. The van der Waals surface area contributed by atoms with Crippen LogP contribution < -0.4 is 10.6 Å². The predicted octanol–water partition coefficient (Wildman–Crippen LogP) is 5.91. The first-order chi connectivity index (χ1) is 22.1. The zero-order valence-electron chi connectivity index (χ0n) is 26.3. The van der Waals surface area contributed by atoms with E-state index in [-0.39, 0.29) is 17.9 Å². The third kappa shape index (κ3) is 7.34. The fourth-order valence-electron chi connectivity index (χ4n) is 4.60. The van der Waals surface area contributed by atoms with E-state index in [0.29, 0.717) is 51.6 Å². The summed E-state index contributed by atoms with van der Waals surface area (Å²) in [4.78, 5) is 50.1. The van der Waals surface area contributed by atoms with Crippen LogP contribution in [0.4, 0.5) is 10.1 Å². The molecular formula is C33H34FN9O3. The van der Waals surface area contributed by atoms with Crippen molar-refractivity contribution in [2.45, 2.75) is 41.2 Å². The highest BCUT2D eigenvalue weighted by molar-refractivity contribution is 5.97. The predicted molar refractivity (Wildman–Crippen MR) is 173 cm³/mol. The van der Waals surface area contributed by atoms with Gasteiger partial charge < -0.3 is 15.6 Å². The summed E-state index contributed by atoms with van der Waals surface area (Å²) in [7, 11) is 1.82. The van der Waals surface area contributed by atoms with Gasteiger partial charge in [-0.3, -0.25) is 19.9 Å². The van der Waals surface area contributed by atoms with Crippen molar-refractivity contribution in [3.05, 3.63) is 72.7 Å². The SMILES string of the molecule is CC.CNCc1cc(F)cc(-c2cncc3[nH]c(-c4[nH]nc5ncc(-c6cncc(NC(=O)C(C)(C)C)c6)cc45)nc23)c1.O=C=O. The number of benzene rings is 1. The van der Waals surface area contributed by atoms with Gasteiger partial charge in [0.25, 0.3) is 0 Å². The molecule has 6 rings (SSSR count). The van der Waals surface area contributed by atoms with Crippen LogP contribution in [0.1, 0.15) is 40.2 Å². The van der Waals surface area contributed by atoms with Crippen LogP contribution in [-0.4, -0.2) is 54.2 Å². The molecule has 0 saturated carbocycles. The molecule has 4 N–H and O–H groups in total. The maximum absolute atomic E-state index is 14.4. The summed E-state index contributed by atoms with van der Waals surface area (Å²) in [6.45, 7) is 10.1. The Morgan fingerprint density at radius 2 is 1.65 bits per heavy atom. The van der Waals surface area contributed by atoms with Gasteiger partial charge in [0, 0.05) is 47.2 Å². The second kappa shape index (κ2) is 14.4. The summed E-state index contributed by atoms with van der Waals surface area (Å²) >= 11 is 0. The molecule has 0 aliphatic carbocycles. The molecule has 46 heavy (non-hydrogen) atoms. The van der Waals surface area contributed by atoms with Crippen LogP contribution >= 0.6 is 0 Å². The van der Waals surface area contributed by atoms with Gasteiger partial charge in [-0.05, 0) is 48.5 Å². The van der Waals surface area contributed by atoms with E-state index in [0.717, 1.165) is 22.1 Å². The normalized spacial score (nSPS) is 10.8. The topological polar surface area (TPSA) is 171 Å². The first-order valence-electron chi connectivity index (χ1n) is 14.5. The lowest BCUT2D eigenvalue weighted by atomic mass is 9.95. The first-order valence-corrected chi connectivity index (χ1v) is 14.5. The largest absolute Gasteiger partial charge is 0.373 e. The Morgan fingerprint density at radius 1 is 0.935 bits per heavy atom. The van der Waals surface area contributed by atoms with E-state index in [2.05, 4.69) is 40.8 Å². The number of nitrogens with one attached hydrogen (secondary N) is 4. The molecule has 0 aliphatic rings. The molecule has 5 aromatic heterocycles. The minimum absolute atomic E-state index is 0.0996. The number of amides is 1. The number of hydrogen-bond donors (Lipinski definition) is 4. The van der Waals surface area contributed by atoms with Crippen LogP contribution in [-0.2, 0) is 20.9 Å². The van der Waals surface area contributed by atoms with Gasteiger partial charge in [-0.2, -0.15) is 14.7 Å². The Morgan fingerprint density at radius 3 is 2.37 bits per heavy atom. The van der Waals surface area contributed by atoms with Crippen molar-refractivity contribution >= 4 is 39.8 Å². The standard InChI is InChI=1S/C30H28FN9O.C2H6.CO2/c1-30(2,3)29(41)36-21-8-18(11-33-13-21)19-9-22-26(39-40-27(22)35-12-19)28-37-24-15-34-14-23(25(24)38-28)17-5-16(10-32-4)6-20(31)7-17;1-2;2-1-3/h5-9,11-15,32H,10H2,1-4H3,(H,36,41)(H,37,38)(H,35,39,40);1-2H3;. The minimum atomic E-state index is -0.534. The van der Waals surface area contributed by atoms with Gasteiger partial charge in [0.15, 0.2) is 11.5 Å². The molecule has 0 saturated heterocycles. The minimum Gasteiger partial charge on any atom is -0.335 e. The van der Waals surface area contributed by atoms with Gasteiger partial charge in [-0.25, -0.2) is 14.4 Å². The number of nitrogens with zero attached hydrogens (tertiary/aromatic N) is 5. The number of aromatic nitrogens is 7. The lowest BCUT2D eigenvalue weighted by Gasteiger charge is -2.17. The summed E-state index contributed by atoms with van der Waals surface area (Å²) in [5.74, 6) is 0.125. The van der Waals surface area contributed by atoms with Crippen LogP contribution in [0.5, 0.6) is 0 Å². The van der Waals surface area contributed by atoms with E-state index < -0.39 is 5.41 Å². The van der Waals surface area contributed by atoms with E-state index in [1.165, 1.54) is 12.1 Å². The second-order valence-corrected chi connectivity index (χ2v) is 11.0. The van der Waals surface area contributed by atoms with Crippen LogP contribution in [0.15, 0.2) is 61.3 Å². The number of carbonyl (C=O) groups excluding carboxylic acids is 3. The van der Waals surface area contributed by atoms with Crippen molar-refractivity contribution in [1.29, 1.82) is 0 Å². The quantitative estimate of drug-likeness (QED) is 0.176. The van der Waals surface area contributed by atoms with E-state index in [1.807, 2.05) is 59.9 Å². The summed E-state index contributed by atoms with van der Waals surface area (Å²) in [6, 6.07) is 8.74. The molecule has 1 amide bonds. The van der Waals surface area contributed by atoms with E-state index in [9.17, 15) is 9.18 Å². The molecule has 12 nitrogen and oxygen atoms in total. The van der Waals surface area contributed by atoms with Gasteiger partial charge in [-0.15, -0.1) is 0 Å². The summed E-state index contributed by atoms with van der Waals surface area (Å²) in [5.41, 5.74) is 6.42. The van der Waals surface area contributed by atoms with Crippen molar-refractivity contribution in [1.82, 2.24) is 40.4 Å². The molecule has 6 aromatic rings. The Labute approximate surface area is 264 Å². The summed E-state index contributed by atoms with van der Waals surface area (Å²) in [5, 5.41) is 14.1. The molecule has 0 atom stereocenters. The van der Waals surface area contributed by atoms with Crippen molar-refractivity contribution in [2.24, 2.45) is 5.41 Å². The zero-order chi connectivity index (χ0) is 33.4. The fraction of sp³-hybridized carbons (Fsp3) is 0.242. The van der Waals surface area contributed by atoms with Crippen molar-refractivity contribution in [2.75, 3.05) is 12.4 Å². The molecule has 236 valence electrons. The Balaban J connectivity index is 0.000000908. The summed E-state index contributed by atoms with van der Waals surface area (Å²) < 4.78 is 14.4. The molecule has 0 spiro atoms. The van der Waals surface area contributed by atoms with Crippen LogP contribution in [0.25, 0.3) is 55.8 Å². The number of anilines is 1. The smallest absolute Gasteiger partial charge is 0.335 e. The Hall–Kier alpha value is -5.65. The Kier molecular flexibility index (Phi) is 10.4. The van der Waals surface area contributed by atoms with Crippen molar-refractivity contribution < 1.29 is 18.8 Å². The molecule has 13 heteroatoms. The molecule has 0 fully saturated rings. The average Bonchev–Trinajstić information content (AvgIpc) is 3.66. The maximum atomic E-state index is 14.4. The summed E-state index contributed by atoms with van der Waals surface area (Å²) in [6.07, 6.45) is 8.67. The fourth-order valence-corrected chi connectivity index (χ4v) is 4.60. The number of pyridine rings is 3. The molecule has 0 unspecified atom stereocenters. The van der Waals surface area contributed by atoms with Crippen LogP contribution in [0.2, 0.25) is 0 Å². The van der Waals surface area contributed by atoms with Gasteiger partial charge >= 0.3 is 6.15 Å². The van der Waals surface area contributed by atoms with E-state index >= 15 is 0 Å². The average molecular weight is 624 g/mol. The number of hydrogen-bond acceptors (Lipinski definition) is 9. The van der Waals surface area contributed by atoms with Crippen LogP contribution in [0.3, 0.4) is 0 Å². The highest BCUT2D eigenvalue weighted by Crippen LogP contribution is 2.33. The van der Waals surface area contributed by atoms with Gasteiger partial charge in [0.05, 0.1) is 34.5 Å². The van der Waals surface area contributed by atoms with Crippen molar-refractivity contribution in [3.63, 3.8) is 0 Å². The maximum Gasteiger partial charge on any atom is 0.373 e. The lowest BCUT2D eigenvalue weighted by molar-refractivity contribution is -0.191. The number of imidazole rings is 1. The number of H-pyrrole nitrogens is 2. The molecule has 1 aromatic carbocycles. The molecule has 5 heterocycles. The van der Waals surface area contributed by atoms with Gasteiger partial charge in [0.2, 0.25) is 5.91 Å². The number of fused-ring (bicyclic) bond motifs is 2. The number of rotatable bonds is 6. The van der Waals surface area contributed by atoms with E-state index in [4.69, 9.17) is 14.6 Å². The lowest BCUT2D eigenvalue weighted by Crippen LogP contribution is -2.27. The van der Waals surface area contributed by atoms with Crippen molar-refractivity contribution in [3.8, 4) is 33.8 Å². The van der Waals surface area contributed by atoms with Crippen LogP contribution in [0, 0.1) is 11.2 Å². The number of halogens is 1. The first kappa shape index (κ1) is 33.2. The molecular weight excluding hydrogens is 589 g/mol. The molecule has 0 aliphatic heterocycles. The molecule has 0 radical (unpaired) electrons. The zero-order valence-corrected chi connectivity index (χ0v) is 26.3. The number of aromatic amines is 2. The highest BCUT2D eigenvalue weighted by Gasteiger charge is 2.22. The Bertz CT molecular complexity index is 2020. The van der Waals surface area contributed by atoms with E-state index in [1.54, 1.807) is 31.0 Å². The third-order valence-electron chi connectivity index (χ3n) is 6.70.